The number of halogens is 4. The summed E-state index contributed by atoms with van der Waals surface area (Å²) in [4.78, 5) is 12.6. The van der Waals surface area contributed by atoms with Gasteiger partial charge in [-0.3, -0.25) is 4.79 Å². The number of nitrogen functional groups attached to an aromatic ring is 1. The van der Waals surface area contributed by atoms with Gasteiger partial charge in [0, 0.05) is 12.2 Å². The quantitative estimate of drug-likeness (QED) is 0.680. The molecule has 0 atom stereocenters. The predicted molar refractivity (Wildman–Crippen MR) is 63.1 cm³/mol. The number of amides is 1. The third-order valence-electron chi connectivity index (χ3n) is 2.40. The van der Waals surface area contributed by atoms with Gasteiger partial charge in [-0.05, 0) is 24.6 Å². The fraction of sp³-hybridized carbons (Fsp3) is 0.417. The van der Waals surface area contributed by atoms with Crippen LogP contribution in [-0.2, 0) is 0 Å². The molecular weight excluding hydrogens is 264 g/mol. The van der Waals surface area contributed by atoms with Gasteiger partial charge in [-0.2, -0.15) is 13.2 Å². The lowest BCUT2D eigenvalue weighted by Crippen LogP contribution is -2.39. The van der Waals surface area contributed by atoms with Crippen molar-refractivity contribution in [3.05, 3.63) is 29.6 Å². The highest BCUT2D eigenvalue weighted by atomic mass is 19.4. The van der Waals surface area contributed by atoms with Crippen molar-refractivity contribution in [3.63, 3.8) is 0 Å². The second kappa shape index (κ2) is 5.90. The molecule has 1 aromatic rings. The van der Waals surface area contributed by atoms with Gasteiger partial charge in [0.15, 0.2) is 0 Å². The summed E-state index contributed by atoms with van der Waals surface area (Å²) in [6.07, 6.45) is -4.15. The Balaban J connectivity index is 3.02. The molecule has 1 rings (SSSR count). The number of hydrogen-bond donors (Lipinski definition) is 1. The second-order valence-corrected chi connectivity index (χ2v) is 4.07. The van der Waals surface area contributed by atoms with Gasteiger partial charge in [-0.1, -0.05) is 6.92 Å². The van der Waals surface area contributed by atoms with E-state index in [0.717, 1.165) is 18.2 Å². The minimum Gasteiger partial charge on any atom is -0.398 e. The van der Waals surface area contributed by atoms with Crippen molar-refractivity contribution < 1.29 is 22.4 Å². The first-order valence-electron chi connectivity index (χ1n) is 5.65. The number of hydrogen-bond acceptors (Lipinski definition) is 2. The Morgan fingerprint density at radius 1 is 1.37 bits per heavy atom. The first-order chi connectivity index (χ1) is 8.74. The van der Waals surface area contributed by atoms with Crippen molar-refractivity contribution in [1.82, 2.24) is 4.90 Å². The summed E-state index contributed by atoms with van der Waals surface area (Å²) < 4.78 is 50.2. The van der Waals surface area contributed by atoms with Crippen molar-refractivity contribution >= 4 is 11.6 Å². The Morgan fingerprint density at radius 2 is 2.00 bits per heavy atom. The van der Waals surface area contributed by atoms with Gasteiger partial charge in [-0.25, -0.2) is 4.39 Å². The lowest BCUT2D eigenvalue weighted by Gasteiger charge is -2.24. The van der Waals surface area contributed by atoms with Gasteiger partial charge in [0.1, 0.15) is 12.4 Å². The van der Waals surface area contributed by atoms with Crippen LogP contribution in [0.2, 0.25) is 0 Å². The molecule has 1 aromatic carbocycles. The standard InChI is InChI=1S/C12H14F4N2O/c1-2-5-18(7-12(14,15)16)11(19)9-6-8(13)3-4-10(9)17/h3-4,6H,2,5,7,17H2,1H3. The molecule has 0 saturated heterocycles. The van der Waals surface area contributed by atoms with E-state index in [1.807, 2.05) is 0 Å². The summed E-state index contributed by atoms with van der Waals surface area (Å²) in [5.74, 6) is -1.64. The number of nitrogens with zero attached hydrogens (tertiary/aromatic N) is 1. The average molecular weight is 278 g/mol. The van der Waals surface area contributed by atoms with Crippen LogP contribution in [0.5, 0.6) is 0 Å². The van der Waals surface area contributed by atoms with E-state index < -0.39 is 24.4 Å². The van der Waals surface area contributed by atoms with E-state index in [1.165, 1.54) is 0 Å². The van der Waals surface area contributed by atoms with Crippen LogP contribution >= 0.6 is 0 Å². The Kier molecular flexibility index (Phi) is 4.74. The van der Waals surface area contributed by atoms with E-state index in [0.29, 0.717) is 11.3 Å². The van der Waals surface area contributed by atoms with Crippen LogP contribution in [0, 0.1) is 5.82 Å². The van der Waals surface area contributed by atoms with Gasteiger partial charge < -0.3 is 10.6 Å². The summed E-state index contributed by atoms with van der Waals surface area (Å²) in [6, 6.07) is 3.04. The van der Waals surface area contributed by atoms with Crippen LogP contribution in [0.25, 0.3) is 0 Å². The van der Waals surface area contributed by atoms with E-state index in [1.54, 1.807) is 6.92 Å². The zero-order valence-electron chi connectivity index (χ0n) is 10.3. The highest BCUT2D eigenvalue weighted by Crippen LogP contribution is 2.21. The minimum absolute atomic E-state index is 0.0466. The van der Waals surface area contributed by atoms with Crippen LogP contribution in [0.3, 0.4) is 0 Å². The molecule has 19 heavy (non-hydrogen) atoms. The fourth-order valence-electron chi connectivity index (χ4n) is 1.62. The zero-order chi connectivity index (χ0) is 14.6. The molecule has 0 heterocycles. The highest BCUT2D eigenvalue weighted by Gasteiger charge is 2.33. The summed E-state index contributed by atoms with van der Waals surface area (Å²) in [5.41, 5.74) is 5.19. The molecule has 0 fully saturated rings. The Bertz CT molecular complexity index is 460. The second-order valence-electron chi connectivity index (χ2n) is 4.07. The number of benzene rings is 1. The van der Waals surface area contributed by atoms with Crippen LogP contribution in [0.15, 0.2) is 18.2 Å². The average Bonchev–Trinajstić information content (AvgIpc) is 2.29. The Labute approximate surface area is 108 Å². The molecular formula is C12H14F4N2O. The summed E-state index contributed by atoms with van der Waals surface area (Å²) in [6.45, 7) is 0.190. The molecule has 0 spiro atoms. The third-order valence-corrected chi connectivity index (χ3v) is 2.40. The molecule has 106 valence electrons. The third kappa shape index (κ3) is 4.42. The number of carbonyl (C=O) groups is 1. The number of carbonyl (C=O) groups excluding carboxylic acids is 1. The maximum atomic E-state index is 13.0. The molecule has 0 aliphatic heterocycles. The van der Waals surface area contributed by atoms with Crippen LogP contribution in [-0.4, -0.2) is 30.1 Å². The maximum absolute atomic E-state index is 13.0. The van der Waals surface area contributed by atoms with Gasteiger partial charge in [0.25, 0.3) is 5.91 Å². The molecule has 0 aromatic heterocycles. The van der Waals surface area contributed by atoms with Crippen molar-refractivity contribution in [1.29, 1.82) is 0 Å². The van der Waals surface area contributed by atoms with E-state index in [2.05, 4.69) is 0 Å². The van der Waals surface area contributed by atoms with Gasteiger partial charge in [0.2, 0.25) is 0 Å². The number of rotatable bonds is 4. The van der Waals surface area contributed by atoms with Gasteiger partial charge >= 0.3 is 6.18 Å². The number of anilines is 1. The van der Waals surface area contributed by atoms with E-state index in [4.69, 9.17) is 5.73 Å². The van der Waals surface area contributed by atoms with E-state index in [9.17, 15) is 22.4 Å². The summed E-state index contributed by atoms with van der Waals surface area (Å²) in [5, 5.41) is 0. The number of alkyl halides is 3. The molecule has 0 aliphatic carbocycles. The van der Waals surface area contributed by atoms with Crippen LogP contribution in [0.1, 0.15) is 23.7 Å². The minimum atomic E-state index is -4.51. The van der Waals surface area contributed by atoms with Crippen LogP contribution in [0.4, 0.5) is 23.2 Å². The highest BCUT2D eigenvalue weighted by molar-refractivity contribution is 5.99. The molecule has 2 N–H and O–H groups in total. The van der Waals surface area contributed by atoms with Crippen molar-refractivity contribution in [2.45, 2.75) is 19.5 Å². The molecule has 0 unspecified atom stereocenters. The Morgan fingerprint density at radius 3 is 2.53 bits per heavy atom. The lowest BCUT2D eigenvalue weighted by molar-refractivity contribution is -0.140. The van der Waals surface area contributed by atoms with Crippen molar-refractivity contribution in [2.75, 3.05) is 18.8 Å². The first-order valence-corrected chi connectivity index (χ1v) is 5.65. The Hall–Kier alpha value is -1.79. The molecule has 0 saturated carbocycles. The van der Waals surface area contributed by atoms with Crippen molar-refractivity contribution in [2.24, 2.45) is 0 Å². The SMILES string of the molecule is CCCN(CC(F)(F)F)C(=O)c1cc(F)ccc1N. The monoisotopic (exact) mass is 278 g/mol. The molecule has 7 heteroatoms. The molecule has 1 amide bonds. The number of nitrogens with two attached hydrogens (primary N) is 1. The zero-order valence-corrected chi connectivity index (χ0v) is 10.3. The smallest absolute Gasteiger partial charge is 0.398 e. The van der Waals surface area contributed by atoms with Crippen LogP contribution < -0.4 is 5.73 Å². The fourth-order valence-corrected chi connectivity index (χ4v) is 1.62. The topological polar surface area (TPSA) is 46.3 Å². The lowest BCUT2D eigenvalue weighted by atomic mass is 10.1. The molecule has 0 radical (unpaired) electrons. The first kappa shape index (κ1) is 15.3. The molecule has 0 aliphatic rings. The van der Waals surface area contributed by atoms with Crippen molar-refractivity contribution in [3.8, 4) is 0 Å². The maximum Gasteiger partial charge on any atom is 0.406 e. The van der Waals surface area contributed by atoms with Gasteiger partial charge in [0.05, 0.1) is 5.56 Å². The molecule has 0 bridgehead atoms. The van der Waals surface area contributed by atoms with E-state index >= 15 is 0 Å². The van der Waals surface area contributed by atoms with E-state index in [-0.39, 0.29) is 17.8 Å². The summed E-state index contributed by atoms with van der Waals surface area (Å²) in [7, 11) is 0. The summed E-state index contributed by atoms with van der Waals surface area (Å²) >= 11 is 0. The normalized spacial score (nSPS) is 11.4. The largest absolute Gasteiger partial charge is 0.406 e. The predicted octanol–water partition coefficient (Wildman–Crippen LogP) is 2.82. The molecule has 3 nitrogen and oxygen atoms in total. The van der Waals surface area contributed by atoms with Gasteiger partial charge in [-0.15, -0.1) is 0 Å².